The predicted molar refractivity (Wildman–Crippen MR) is 119 cm³/mol. The summed E-state index contributed by atoms with van der Waals surface area (Å²) in [4.78, 5) is 19.9. The number of aliphatic imine (C=N–C) groups is 2. The van der Waals surface area contributed by atoms with Crippen molar-refractivity contribution in [3.63, 3.8) is 0 Å². The highest BCUT2D eigenvalue weighted by Gasteiger charge is 2.36. The van der Waals surface area contributed by atoms with Gasteiger partial charge in [0.25, 0.3) is 0 Å². The number of allylic oxidation sites excluding steroid dienone is 1. The Morgan fingerprint density at radius 2 is 2.03 bits per heavy atom. The molecule has 1 saturated heterocycles. The quantitative estimate of drug-likeness (QED) is 0.622. The van der Waals surface area contributed by atoms with Crippen molar-refractivity contribution < 1.29 is 13.2 Å². The minimum absolute atomic E-state index is 0.148. The monoisotopic (exact) mass is 440 g/mol. The van der Waals surface area contributed by atoms with Gasteiger partial charge < -0.3 is 9.80 Å². The Morgan fingerprint density at radius 1 is 1.22 bits per heavy atom. The maximum absolute atomic E-state index is 13.2. The molecular weight excluding hydrogens is 417 g/mol. The van der Waals surface area contributed by atoms with Gasteiger partial charge in [0.05, 0.1) is 12.7 Å². The molecule has 0 bridgehead atoms. The van der Waals surface area contributed by atoms with Crippen LogP contribution in [0.5, 0.6) is 0 Å². The second kappa shape index (κ2) is 9.33. The zero-order valence-corrected chi connectivity index (χ0v) is 17.4. The van der Waals surface area contributed by atoms with Crippen LogP contribution in [0.1, 0.15) is 24.2 Å². The lowest BCUT2D eigenvalue weighted by Gasteiger charge is -2.28. The van der Waals surface area contributed by atoms with Gasteiger partial charge in [-0.1, -0.05) is 30.3 Å². The van der Waals surface area contributed by atoms with Crippen molar-refractivity contribution in [3.8, 4) is 0 Å². The molecule has 0 aliphatic carbocycles. The number of aromatic nitrogens is 2. The molecule has 3 heterocycles. The first-order chi connectivity index (χ1) is 15.5. The van der Waals surface area contributed by atoms with Gasteiger partial charge in [0.15, 0.2) is 11.5 Å². The average molecular weight is 440 g/mol. The molecule has 0 amide bonds. The highest BCUT2D eigenvalue weighted by molar-refractivity contribution is 5.70. The van der Waals surface area contributed by atoms with E-state index in [9.17, 15) is 13.2 Å². The minimum atomic E-state index is -4.55. The fourth-order valence-electron chi connectivity index (χ4n) is 3.99. The summed E-state index contributed by atoms with van der Waals surface area (Å²) >= 11 is 0. The van der Waals surface area contributed by atoms with E-state index in [2.05, 4.69) is 38.7 Å². The van der Waals surface area contributed by atoms with Gasteiger partial charge in [-0.25, -0.2) is 9.97 Å². The van der Waals surface area contributed by atoms with Gasteiger partial charge in [-0.15, -0.1) is 0 Å². The average Bonchev–Trinajstić information content (AvgIpc) is 3.26. The second-order valence-electron chi connectivity index (χ2n) is 7.59. The Morgan fingerprint density at radius 3 is 2.78 bits per heavy atom. The van der Waals surface area contributed by atoms with Gasteiger partial charge in [0.1, 0.15) is 11.5 Å². The number of alkyl halides is 3. The Hall–Kier alpha value is -3.49. The third kappa shape index (κ3) is 4.87. The van der Waals surface area contributed by atoms with Crippen LogP contribution in [0.3, 0.4) is 0 Å². The van der Waals surface area contributed by atoms with Gasteiger partial charge in [0, 0.05) is 31.2 Å². The van der Waals surface area contributed by atoms with Crippen molar-refractivity contribution >= 4 is 24.4 Å². The van der Waals surface area contributed by atoms with Crippen LogP contribution in [0.25, 0.3) is 5.70 Å². The standard InChI is InChI=1S/C23H23F3N6/c1-27-15-19(31-13-11-28-20(16-31)23(24,25)26)22-29-10-9-21(30-22)32-12-5-8-18(32)14-17-6-3-2-4-7-17/h2-4,6-7,9-11,15-16,18H,1,5,8,12-14H2/b19-15-. The van der Waals surface area contributed by atoms with E-state index in [0.29, 0.717) is 11.7 Å². The van der Waals surface area contributed by atoms with E-state index >= 15 is 0 Å². The molecule has 32 heavy (non-hydrogen) atoms. The van der Waals surface area contributed by atoms with Crippen molar-refractivity contribution in [2.24, 2.45) is 9.98 Å². The molecular formula is C23H23F3N6. The molecule has 1 aromatic heterocycles. The first kappa shape index (κ1) is 21.7. The Kier molecular flexibility index (Phi) is 6.34. The highest BCUT2D eigenvalue weighted by Crippen LogP contribution is 2.31. The summed E-state index contributed by atoms with van der Waals surface area (Å²) in [6, 6.07) is 12.4. The summed E-state index contributed by atoms with van der Waals surface area (Å²) < 4.78 is 39.5. The van der Waals surface area contributed by atoms with Crippen LogP contribution in [0.4, 0.5) is 19.0 Å². The van der Waals surface area contributed by atoms with Crippen LogP contribution >= 0.6 is 0 Å². The van der Waals surface area contributed by atoms with E-state index < -0.39 is 11.9 Å². The number of benzene rings is 1. The molecule has 2 aliphatic rings. The minimum Gasteiger partial charge on any atom is -0.353 e. The fourth-order valence-corrected chi connectivity index (χ4v) is 3.99. The van der Waals surface area contributed by atoms with Gasteiger partial charge in [0.2, 0.25) is 0 Å². The lowest BCUT2D eigenvalue weighted by atomic mass is 10.0. The van der Waals surface area contributed by atoms with Gasteiger partial charge in [-0.3, -0.25) is 9.98 Å². The third-order valence-electron chi connectivity index (χ3n) is 5.46. The number of halogens is 3. The molecule has 0 N–H and O–H groups in total. The topological polar surface area (TPSA) is 57.0 Å². The largest absolute Gasteiger partial charge is 0.434 e. The molecule has 166 valence electrons. The first-order valence-electron chi connectivity index (χ1n) is 10.3. The molecule has 0 spiro atoms. The molecule has 0 radical (unpaired) electrons. The summed E-state index contributed by atoms with van der Waals surface area (Å²) in [6.07, 6.45) is 3.59. The van der Waals surface area contributed by atoms with E-state index in [4.69, 9.17) is 4.98 Å². The van der Waals surface area contributed by atoms with Crippen molar-refractivity contribution in [1.82, 2.24) is 14.9 Å². The van der Waals surface area contributed by atoms with Gasteiger partial charge in [-0.05, 0) is 37.6 Å². The molecule has 9 heteroatoms. The van der Waals surface area contributed by atoms with Crippen LogP contribution in [0, 0.1) is 0 Å². The van der Waals surface area contributed by atoms with E-state index in [-0.39, 0.29) is 12.4 Å². The summed E-state index contributed by atoms with van der Waals surface area (Å²) in [5.41, 5.74) is 0.596. The van der Waals surface area contributed by atoms with Crippen LogP contribution in [0.2, 0.25) is 0 Å². The Bertz CT molecular complexity index is 1050. The fraction of sp³-hybridized carbons (Fsp3) is 0.304. The zero-order valence-electron chi connectivity index (χ0n) is 17.4. The lowest BCUT2D eigenvalue weighted by Crippen LogP contribution is -2.32. The molecule has 2 aromatic rings. The molecule has 1 aromatic carbocycles. The number of rotatable bonds is 6. The van der Waals surface area contributed by atoms with E-state index in [1.165, 1.54) is 22.9 Å². The number of hydrogen-bond donors (Lipinski definition) is 0. The SMILES string of the molecule is C=N/C=C(/c1nccc(N2CCCC2Cc2ccccc2)n1)N1C=C(C(F)(F)F)N=CC1. The smallest absolute Gasteiger partial charge is 0.353 e. The second-order valence-corrected chi connectivity index (χ2v) is 7.59. The van der Waals surface area contributed by atoms with E-state index in [1.54, 1.807) is 6.20 Å². The summed E-state index contributed by atoms with van der Waals surface area (Å²) in [5, 5.41) is 0. The maximum atomic E-state index is 13.2. The van der Waals surface area contributed by atoms with E-state index in [0.717, 1.165) is 37.8 Å². The molecule has 2 aliphatic heterocycles. The van der Waals surface area contributed by atoms with Crippen molar-refractivity contribution in [2.45, 2.75) is 31.5 Å². The van der Waals surface area contributed by atoms with Gasteiger partial charge >= 0.3 is 6.18 Å². The van der Waals surface area contributed by atoms with Crippen LogP contribution < -0.4 is 4.90 Å². The van der Waals surface area contributed by atoms with Crippen LogP contribution in [0.15, 0.2) is 70.7 Å². The number of anilines is 1. The van der Waals surface area contributed by atoms with Crippen molar-refractivity contribution in [2.75, 3.05) is 18.0 Å². The Balaban J connectivity index is 1.61. The summed E-state index contributed by atoms with van der Waals surface area (Å²) in [6.45, 7) is 4.46. The molecule has 6 nitrogen and oxygen atoms in total. The van der Waals surface area contributed by atoms with Crippen LogP contribution in [-0.4, -0.2) is 53.1 Å². The Labute approximate surface area is 184 Å². The molecule has 0 saturated carbocycles. The normalized spacial score (nSPS) is 19.3. The maximum Gasteiger partial charge on any atom is 0.434 e. The highest BCUT2D eigenvalue weighted by atomic mass is 19.4. The lowest BCUT2D eigenvalue weighted by molar-refractivity contribution is -0.0934. The van der Waals surface area contributed by atoms with Crippen molar-refractivity contribution in [3.05, 3.63) is 72.1 Å². The predicted octanol–water partition coefficient (Wildman–Crippen LogP) is 4.48. The zero-order chi connectivity index (χ0) is 22.6. The first-order valence-corrected chi connectivity index (χ1v) is 10.3. The van der Waals surface area contributed by atoms with Gasteiger partial charge in [-0.2, -0.15) is 13.2 Å². The van der Waals surface area contributed by atoms with Crippen LogP contribution in [-0.2, 0) is 6.42 Å². The third-order valence-corrected chi connectivity index (χ3v) is 5.46. The van der Waals surface area contributed by atoms with E-state index in [1.807, 2.05) is 24.3 Å². The van der Waals surface area contributed by atoms with Crippen molar-refractivity contribution in [1.29, 1.82) is 0 Å². The molecule has 1 fully saturated rings. The summed E-state index contributed by atoms with van der Waals surface area (Å²) in [5.74, 6) is 1.03. The molecule has 1 atom stereocenters. The summed E-state index contributed by atoms with van der Waals surface area (Å²) in [7, 11) is 0. The molecule has 1 unspecified atom stereocenters. The molecule has 4 rings (SSSR count). The number of hydrogen-bond acceptors (Lipinski definition) is 6. The number of nitrogens with zero attached hydrogens (tertiary/aromatic N) is 6.